The number of benzene rings is 1. The molecule has 0 aliphatic heterocycles. The lowest BCUT2D eigenvalue weighted by Gasteiger charge is -2.30. The Balaban J connectivity index is 1.93. The Morgan fingerprint density at radius 1 is 1.35 bits per heavy atom. The zero-order valence-corrected chi connectivity index (χ0v) is 11.3. The molecule has 1 nitrogen and oxygen atoms in total. The maximum absolute atomic E-state index is 6.23. The van der Waals surface area contributed by atoms with E-state index in [1.54, 1.807) is 0 Å². The number of halogens is 1. The fourth-order valence-electron chi connectivity index (χ4n) is 2.59. The van der Waals surface area contributed by atoms with Crippen molar-refractivity contribution in [2.45, 2.75) is 45.1 Å². The van der Waals surface area contributed by atoms with E-state index in [1.165, 1.54) is 31.2 Å². The second kappa shape index (κ2) is 6.42. The van der Waals surface area contributed by atoms with Crippen LogP contribution in [0, 0.1) is 5.92 Å². The maximum Gasteiger partial charge on any atom is 0.0438 e. The summed E-state index contributed by atoms with van der Waals surface area (Å²) in [5, 5.41) is 4.51. The van der Waals surface area contributed by atoms with Gasteiger partial charge in [0.05, 0.1) is 0 Å². The summed E-state index contributed by atoms with van der Waals surface area (Å²) in [6.07, 6.45) is 6.63. The highest BCUT2D eigenvalue weighted by Crippen LogP contribution is 2.31. The third-order valence-corrected chi connectivity index (χ3v) is 4.13. The predicted molar refractivity (Wildman–Crippen MR) is 74.6 cm³/mol. The molecule has 0 aromatic heterocycles. The van der Waals surface area contributed by atoms with Gasteiger partial charge in [0.15, 0.2) is 0 Å². The second-order valence-corrected chi connectivity index (χ2v) is 5.49. The van der Waals surface area contributed by atoms with Gasteiger partial charge in [0.2, 0.25) is 0 Å². The van der Waals surface area contributed by atoms with E-state index in [4.69, 9.17) is 11.6 Å². The van der Waals surface area contributed by atoms with Crippen LogP contribution in [0.25, 0.3) is 0 Å². The molecule has 2 heteroatoms. The highest BCUT2D eigenvalue weighted by molar-refractivity contribution is 6.31. The third-order valence-electron chi connectivity index (χ3n) is 3.76. The van der Waals surface area contributed by atoms with E-state index in [1.807, 2.05) is 12.1 Å². The molecular weight excluding hydrogens is 230 g/mol. The molecule has 0 saturated heterocycles. The molecule has 0 spiro atoms. The van der Waals surface area contributed by atoms with Crippen LogP contribution in [0.1, 0.15) is 38.2 Å². The first-order valence-corrected chi connectivity index (χ1v) is 7.14. The van der Waals surface area contributed by atoms with Gasteiger partial charge in [-0.2, -0.15) is 0 Å². The average Bonchev–Trinajstić information content (AvgIpc) is 2.26. The maximum atomic E-state index is 6.23. The van der Waals surface area contributed by atoms with Gasteiger partial charge >= 0.3 is 0 Å². The largest absolute Gasteiger partial charge is 0.314 e. The van der Waals surface area contributed by atoms with Crippen molar-refractivity contribution in [2.24, 2.45) is 5.92 Å². The van der Waals surface area contributed by atoms with Crippen molar-refractivity contribution in [3.8, 4) is 0 Å². The minimum absolute atomic E-state index is 0.588. The summed E-state index contributed by atoms with van der Waals surface area (Å²) in [5.74, 6) is 0.946. The quantitative estimate of drug-likeness (QED) is 0.804. The van der Waals surface area contributed by atoms with E-state index in [-0.39, 0.29) is 0 Å². The zero-order chi connectivity index (χ0) is 12.1. The van der Waals surface area contributed by atoms with Gasteiger partial charge in [0, 0.05) is 11.1 Å². The van der Waals surface area contributed by atoms with Crippen molar-refractivity contribution >= 4 is 11.6 Å². The smallest absolute Gasteiger partial charge is 0.0438 e. The lowest BCUT2D eigenvalue weighted by Crippen LogP contribution is -2.34. The van der Waals surface area contributed by atoms with E-state index in [2.05, 4.69) is 24.4 Å². The van der Waals surface area contributed by atoms with Crippen molar-refractivity contribution in [3.05, 3.63) is 34.9 Å². The molecule has 94 valence electrons. The normalized spacial score (nSPS) is 17.8. The molecule has 0 radical (unpaired) electrons. The lowest BCUT2D eigenvalue weighted by molar-refractivity contribution is 0.260. The van der Waals surface area contributed by atoms with Crippen LogP contribution in [0.2, 0.25) is 5.02 Å². The van der Waals surface area contributed by atoms with E-state index in [0.717, 1.165) is 23.9 Å². The molecule has 1 aliphatic carbocycles. The minimum atomic E-state index is 0.588. The Morgan fingerprint density at radius 2 is 2.12 bits per heavy atom. The van der Waals surface area contributed by atoms with E-state index in [0.29, 0.717) is 6.04 Å². The van der Waals surface area contributed by atoms with E-state index >= 15 is 0 Å². The first-order chi connectivity index (χ1) is 8.29. The van der Waals surface area contributed by atoms with Crippen LogP contribution in [-0.2, 0) is 6.42 Å². The van der Waals surface area contributed by atoms with Crippen LogP contribution in [0.5, 0.6) is 0 Å². The van der Waals surface area contributed by atoms with Crippen LogP contribution in [-0.4, -0.2) is 12.6 Å². The summed E-state index contributed by atoms with van der Waals surface area (Å²) in [5.41, 5.74) is 1.28. The minimum Gasteiger partial charge on any atom is -0.314 e. The van der Waals surface area contributed by atoms with Gasteiger partial charge in [-0.1, -0.05) is 56.0 Å². The molecule has 1 aliphatic rings. The number of rotatable bonds is 6. The van der Waals surface area contributed by atoms with E-state index in [9.17, 15) is 0 Å². The van der Waals surface area contributed by atoms with Gasteiger partial charge in [-0.3, -0.25) is 0 Å². The summed E-state index contributed by atoms with van der Waals surface area (Å²) in [6, 6.07) is 8.80. The Morgan fingerprint density at radius 3 is 2.71 bits per heavy atom. The molecule has 1 saturated carbocycles. The molecule has 0 amide bonds. The number of nitrogens with one attached hydrogen (secondary N) is 1. The summed E-state index contributed by atoms with van der Waals surface area (Å²) in [6.45, 7) is 3.22. The molecule has 0 heterocycles. The fraction of sp³-hybridized carbons (Fsp3) is 0.600. The second-order valence-electron chi connectivity index (χ2n) is 5.08. The van der Waals surface area contributed by atoms with Crippen molar-refractivity contribution in [1.29, 1.82) is 0 Å². The summed E-state index contributed by atoms with van der Waals surface area (Å²) < 4.78 is 0. The Kier molecular flexibility index (Phi) is 4.87. The van der Waals surface area contributed by atoms with Gasteiger partial charge in [-0.05, 0) is 36.9 Å². The van der Waals surface area contributed by atoms with Crippen LogP contribution in [0.4, 0.5) is 0 Å². The first-order valence-electron chi connectivity index (χ1n) is 6.76. The Bertz CT molecular complexity index is 347. The van der Waals surface area contributed by atoms with Crippen LogP contribution < -0.4 is 5.32 Å². The number of hydrogen-bond donors (Lipinski definition) is 1. The van der Waals surface area contributed by atoms with Gasteiger partial charge < -0.3 is 5.32 Å². The van der Waals surface area contributed by atoms with Crippen LogP contribution in [0.3, 0.4) is 0 Å². The highest BCUT2D eigenvalue weighted by Gasteiger charge is 2.22. The monoisotopic (exact) mass is 251 g/mol. The molecular formula is C15H22ClN. The fourth-order valence-corrected chi connectivity index (χ4v) is 2.80. The molecule has 2 rings (SSSR count). The summed E-state index contributed by atoms with van der Waals surface area (Å²) >= 11 is 6.23. The highest BCUT2D eigenvalue weighted by atomic mass is 35.5. The molecule has 1 aromatic carbocycles. The van der Waals surface area contributed by atoms with Gasteiger partial charge in [0.1, 0.15) is 0 Å². The predicted octanol–water partition coefficient (Wildman–Crippen LogP) is 4.05. The van der Waals surface area contributed by atoms with Crippen molar-refractivity contribution in [3.63, 3.8) is 0 Å². The van der Waals surface area contributed by atoms with Crippen LogP contribution >= 0.6 is 11.6 Å². The number of hydrogen-bond acceptors (Lipinski definition) is 1. The lowest BCUT2D eigenvalue weighted by atomic mass is 9.80. The summed E-state index contributed by atoms with van der Waals surface area (Å²) in [4.78, 5) is 0. The Labute approximate surface area is 110 Å². The van der Waals surface area contributed by atoms with Crippen molar-refractivity contribution in [1.82, 2.24) is 5.32 Å². The number of likely N-dealkylation sites (N-methyl/N-ethyl adjacent to an activating group) is 1. The molecule has 1 unspecified atom stereocenters. The van der Waals surface area contributed by atoms with Gasteiger partial charge in [-0.15, -0.1) is 0 Å². The van der Waals surface area contributed by atoms with Crippen LogP contribution in [0.15, 0.2) is 24.3 Å². The Hall–Kier alpha value is -0.530. The van der Waals surface area contributed by atoms with Gasteiger partial charge in [0.25, 0.3) is 0 Å². The van der Waals surface area contributed by atoms with Gasteiger partial charge in [-0.25, -0.2) is 0 Å². The molecule has 1 fully saturated rings. The average molecular weight is 252 g/mol. The molecule has 1 atom stereocenters. The van der Waals surface area contributed by atoms with Crippen molar-refractivity contribution < 1.29 is 0 Å². The SMILES string of the molecule is CCNC(Cc1ccccc1Cl)CC1CCC1. The summed E-state index contributed by atoms with van der Waals surface area (Å²) in [7, 11) is 0. The van der Waals surface area contributed by atoms with E-state index < -0.39 is 0 Å². The topological polar surface area (TPSA) is 12.0 Å². The molecule has 0 bridgehead atoms. The third kappa shape index (κ3) is 3.72. The van der Waals surface area contributed by atoms with Crippen molar-refractivity contribution in [2.75, 3.05) is 6.54 Å². The molecule has 1 aromatic rings. The molecule has 1 N–H and O–H groups in total. The molecule has 17 heavy (non-hydrogen) atoms. The first kappa shape index (κ1) is 12.9. The standard InChI is InChI=1S/C15H22ClN/c1-2-17-14(10-12-6-5-7-12)11-13-8-3-4-9-15(13)16/h3-4,8-9,12,14,17H,2,5-7,10-11H2,1H3. The zero-order valence-electron chi connectivity index (χ0n) is 10.6.